The molecule has 0 spiro atoms. The van der Waals surface area contributed by atoms with Crippen LogP contribution in [0.4, 0.5) is 13.2 Å². The zero-order valence-electron chi connectivity index (χ0n) is 23.2. The molecule has 2 aliphatic rings. The normalized spacial score (nSPS) is 23.0. The van der Waals surface area contributed by atoms with Crippen molar-refractivity contribution >= 4 is 40.7 Å². The molecule has 4 rings (SSSR count). The zero-order chi connectivity index (χ0) is 30.2. The maximum atomic E-state index is 14.5. The smallest absolute Gasteiger partial charge is 0.433 e. The average Bonchev–Trinajstić information content (AvgIpc) is 3.33. The molecule has 0 radical (unpaired) electrons. The van der Waals surface area contributed by atoms with Crippen LogP contribution < -0.4 is 0 Å². The number of aliphatic carboxylic acids is 1. The second-order valence-electron chi connectivity index (χ2n) is 12.3. The Labute approximate surface area is 247 Å². The van der Waals surface area contributed by atoms with Crippen molar-refractivity contribution in [3.05, 3.63) is 51.3 Å². The number of carboxylic acids is 1. The van der Waals surface area contributed by atoms with E-state index in [0.29, 0.717) is 12.8 Å². The quantitative estimate of drug-likeness (QED) is 0.255. The van der Waals surface area contributed by atoms with E-state index in [1.807, 2.05) is 0 Å². The van der Waals surface area contributed by atoms with Crippen molar-refractivity contribution in [2.45, 2.75) is 96.7 Å². The number of hydrogen-bond donors (Lipinski definition) is 1. The molecule has 2 fully saturated rings. The molecular formula is C30H35Cl2F3N2O4. The monoisotopic (exact) mass is 614 g/mol. The summed E-state index contributed by atoms with van der Waals surface area (Å²) >= 11 is 12.4. The fourth-order valence-electron chi connectivity index (χ4n) is 6.17. The van der Waals surface area contributed by atoms with Gasteiger partial charge in [-0.15, -0.1) is 0 Å². The summed E-state index contributed by atoms with van der Waals surface area (Å²) in [4.78, 5) is 38.5. The van der Waals surface area contributed by atoms with Crippen molar-refractivity contribution in [2.24, 2.45) is 16.7 Å². The van der Waals surface area contributed by atoms with Gasteiger partial charge in [0, 0.05) is 12.3 Å². The number of Topliss-reactive ketones (excluding diaryl/α,β-unsaturated/α-hetero) is 2. The molecule has 2 aromatic rings. The van der Waals surface area contributed by atoms with Crippen LogP contribution in [0.3, 0.4) is 0 Å². The molecule has 2 aliphatic carbocycles. The third-order valence-electron chi connectivity index (χ3n) is 9.24. The van der Waals surface area contributed by atoms with Crippen LogP contribution in [0.25, 0.3) is 0 Å². The SMILES string of the molecule is CC1(CCC(CCC(=O)c2c(Cl)cccc2Cl)C(=O)c2cnn(C3CCC(C)(C(=O)O)CC3)c2C(F)(F)F)CCC1. The first-order valence-electron chi connectivity index (χ1n) is 14.0. The lowest BCUT2D eigenvalue weighted by atomic mass is 9.66. The minimum atomic E-state index is -4.85. The number of rotatable bonds is 11. The van der Waals surface area contributed by atoms with Gasteiger partial charge in [0.2, 0.25) is 0 Å². The maximum Gasteiger partial charge on any atom is 0.433 e. The Hall–Kier alpha value is -2.39. The molecule has 1 unspecified atom stereocenters. The van der Waals surface area contributed by atoms with Crippen LogP contribution in [0.2, 0.25) is 10.0 Å². The van der Waals surface area contributed by atoms with Crippen LogP contribution in [0, 0.1) is 16.7 Å². The van der Waals surface area contributed by atoms with E-state index in [4.69, 9.17) is 23.2 Å². The predicted molar refractivity (Wildman–Crippen MR) is 150 cm³/mol. The lowest BCUT2D eigenvalue weighted by Crippen LogP contribution is -2.34. The summed E-state index contributed by atoms with van der Waals surface area (Å²) in [6, 6.07) is 4.01. The highest BCUT2D eigenvalue weighted by Crippen LogP contribution is 2.47. The molecule has 0 bridgehead atoms. The molecule has 1 N–H and O–H groups in total. The minimum absolute atomic E-state index is 0.0323. The van der Waals surface area contributed by atoms with Gasteiger partial charge in [-0.1, -0.05) is 42.6 Å². The van der Waals surface area contributed by atoms with Crippen LogP contribution in [0.1, 0.15) is 117 Å². The standard InChI is InChI=1S/C30H35Cl2F3N2O4/c1-28(12-4-13-28)14-9-18(7-8-23(38)24-21(31)5-3-6-22(24)32)25(39)20-17-36-37(26(20)30(33,34)35)19-10-15-29(2,16-11-19)27(40)41/h3,5-6,17-19H,4,7-16H2,1-2H3,(H,40,41). The molecule has 0 saturated heterocycles. The van der Waals surface area contributed by atoms with Crippen LogP contribution in [-0.2, 0) is 11.0 Å². The van der Waals surface area contributed by atoms with E-state index < -0.39 is 46.6 Å². The van der Waals surface area contributed by atoms with Gasteiger partial charge in [-0.2, -0.15) is 18.3 Å². The van der Waals surface area contributed by atoms with Gasteiger partial charge in [-0.25, -0.2) is 0 Å². The highest BCUT2D eigenvalue weighted by atomic mass is 35.5. The van der Waals surface area contributed by atoms with Crippen molar-refractivity contribution in [1.29, 1.82) is 0 Å². The summed E-state index contributed by atoms with van der Waals surface area (Å²) in [6.07, 6.45) is 0.996. The average molecular weight is 616 g/mol. The molecule has 1 atom stereocenters. The molecule has 11 heteroatoms. The number of aromatic nitrogens is 2. The van der Waals surface area contributed by atoms with Crippen molar-refractivity contribution in [3.8, 4) is 0 Å². The summed E-state index contributed by atoms with van der Waals surface area (Å²) in [6.45, 7) is 3.71. The van der Waals surface area contributed by atoms with Crippen LogP contribution in [-0.4, -0.2) is 32.4 Å². The van der Waals surface area contributed by atoms with E-state index in [1.54, 1.807) is 13.0 Å². The minimum Gasteiger partial charge on any atom is -0.481 e. The van der Waals surface area contributed by atoms with Crippen molar-refractivity contribution < 1.29 is 32.7 Å². The van der Waals surface area contributed by atoms with Crippen LogP contribution in [0.5, 0.6) is 0 Å². The van der Waals surface area contributed by atoms with Crippen molar-refractivity contribution in [3.63, 3.8) is 0 Å². The summed E-state index contributed by atoms with van der Waals surface area (Å²) in [5.41, 5.74) is -2.43. The molecule has 1 aromatic carbocycles. The van der Waals surface area contributed by atoms with Crippen LogP contribution in [0.15, 0.2) is 24.4 Å². The number of carboxylic acid groups (broad SMARTS) is 1. The molecule has 1 heterocycles. The molecule has 6 nitrogen and oxygen atoms in total. The summed E-state index contributed by atoms with van der Waals surface area (Å²) in [5, 5.41) is 13.9. The maximum absolute atomic E-state index is 14.5. The molecule has 1 aromatic heterocycles. The number of nitrogens with zero attached hydrogens (tertiary/aromatic N) is 2. The Morgan fingerprint density at radius 3 is 2.20 bits per heavy atom. The van der Waals surface area contributed by atoms with Gasteiger partial charge in [-0.05, 0) is 82.3 Å². The highest BCUT2D eigenvalue weighted by Gasteiger charge is 2.45. The summed E-state index contributed by atoms with van der Waals surface area (Å²) in [5.74, 6) is -2.85. The molecule has 224 valence electrons. The van der Waals surface area contributed by atoms with Gasteiger partial charge in [0.25, 0.3) is 0 Å². The number of alkyl halides is 3. The second-order valence-corrected chi connectivity index (χ2v) is 13.1. The number of ketones is 2. The van der Waals surface area contributed by atoms with Crippen molar-refractivity contribution in [1.82, 2.24) is 9.78 Å². The van der Waals surface area contributed by atoms with E-state index in [-0.39, 0.29) is 65.3 Å². The molecule has 0 aliphatic heterocycles. The highest BCUT2D eigenvalue weighted by molar-refractivity contribution is 6.39. The van der Waals surface area contributed by atoms with Crippen LogP contribution >= 0.6 is 23.2 Å². The Balaban J connectivity index is 1.60. The molecule has 0 amide bonds. The topological polar surface area (TPSA) is 89.3 Å². The Morgan fingerprint density at radius 2 is 1.68 bits per heavy atom. The van der Waals surface area contributed by atoms with Gasteiger partial charge >= 0.3 is 12.1 Å². The largest absolute Gasteiger partial charge is 0.481 e. The molecule has 2 saturated carbocycles. The predicted octanol–water partition coefficient (Wildman–Crippen LogP) is 8.85. The Morgan fingerprint density at radius 1 is 1.07 bits per heavy atom. The zero-order valence-corrected chi connectivity index (χ0v) is 24.7. The van der Waals surface area contributed by atoms with E-state index in [1.165, 1.54) is 12.1 Å². The number of carbonyl (C=O) groups is 3. The molecule has 41 heavy (non-hydrogen) atoms. The third kappa shape index (κ3) is 6.82. The van der Waals surface area contributed by atoms with E-state index >= 15 is 0 Å². The number of carbonyl (C=O) groups excluding carboxylic acids is 2. The van der Waals surface area contributed by atoms with Crippen molar-refractivity contribution in [2.75, 3.05) is 0 Å². The lowest BCUT2D eigenvalue weighted by molar-refractivity contribution is -0.152. The first-order chi connectivity index (χ1) is 19.2. The fraction of sp³-hybridized carbons (Fsp3) is 0.600. The lowest BCUT2D eigenvalue weighted by Gasteiger charge is -2.39. The number of benzene rings is 1. The number of halogens is 5. The second kappa shape index (κ2) is 12.1. The van der Waals surface area contributed by atoms with Gasteiger partial charge < -0.3 is 5.11 Å². The first-order valence-corrected chi connectivity index (χ1v) is 14.8. The number of hydrogen-bond acceptors (Lipinski definition) is 4. The third-order valence-corrected chi connectivity index (χ3v) is 9.87. The fourth-order valence-corrected chi connectivity index (χ4v) is 6.78. The van der Waals surface area contributed by atoms with Gasteiger partial charge in [-0.3, -0.25) is 19.1 Å². The van der Waals surface area contributed by atoms with E-state index in [9.17, 15) is 32.7 Å². The van der Waals surface area contributed by atoms with E-state index in [0.717, 1.165) is 30.1 Å². The first kappa shape index (κ1) is 31.5. The Kier molecular flexibility index (Phi) is 9.29. The summed E-state index contributed by atoms with van der Waals surface area (Å²) in [7, 11) is 0. The summed E-state index contributed by atoms with van der Waals surface area (Å²) < 4.78 is 44.3. The van der Waals surface area contributed by atoms with Gasteiger partial charge in [0.05, 0.1) is 38.8 Å². The van der Waals surface area contributed by atoms with E-state index in [2.05, 4.69) is 12.0 Å². The Bertz CT molecular complexity index is 1290. The van der Waals surface area contributed by atoms with Gasteiger partial charge in [0.15, 0.2) is 17.3 Å². The van der Waals surface area contributed by atoms with Gasteiger partial charge in [0.1, 0.15) is 0 Å². The molecular weight excluding hydrogens is 580 g/mol.